The zero-order valence-corrected chi connectivity index (χ0v) is 20.6. The molecule has 0 spiro atoms. The molecule has 0 fully saturated rings. The monoisotopic (exact) mass is 491 g/mol. The smallest absolute Gasteiger partial charge is 0.205 e. The maximum absolute atomic E-state index is 5.84. The van der Waals surface area contributed by atoms with Crippen molar-refractivity contribution in [1.82, 2.24) is 9.55 Å². The standard InChI is InChI=1S/C29H21N3OS2/c1-33-22-14-11-19(12-15-22)26-18-24(31-29(34)32(26)21-7-3-2-4-8-21)20-13-16-28-25(17-20)30-23-9-5-6-10-27(23)35-28/h2-18,30H,1H3. The van der Waals surface area contributed by atoms with E-state index in [-0.39, 0.29) is 0 Å². The third-order valence-corrected chi connectivity index (χ3v) is 7.40. The second kappa shape index (κ2) is 9.06. The Bertz CT molecular complexity index is 1600. The third-order valence-electron chi connectivity index (χ3n) is 5.97. The number of benzene rings is 4. The molecule has 4 aromatic carbocycles. The lowest BCUT2D eigenvalue weighted by Gasteiger charge is -2.21. The molecule has 1 N–H and O–H groups in total. The second-order valence-electron chi connectivity index (χ2n) is 8.14. The minimum Gasteiger partial charge on any atom is -0.497 e. The van der Waals surface area contributed by atoms with Gasteiger partial charge in [0.25, 0.3) is 0 Å². The molecule has 4 nitrogen and oxygen atoms in total. The van der Waals surface area contributed by atoms with Crippen molar-refractivity contribution in [3.8, 4) is 34.0 Å². The van der Waals surface area contributed by atoms with Crippen LogP contribution in [0.3, 0.4) is 0 Å². The van der Waals surface area contributed by atoms with Crippen molar-refractivity contribution in [1.29, 1.82) is 0 Å². The van der Waals surface area contributed by atoms with Crippen LogP contribution in [0.2, 0.25) is 0 Å². The number of rotatable bonds is 4. The molecule has 170 valence electrons. The molecule has 0 unspecified atom stereocenters. The van der Waals surface area contributed by atoms with E-state index >= 15 is 0 Å². The Morgan fingerprint density at radius 1 is 0.771 bits per heavy atom. The molecule has 0 radical (unpaired) electrons. The summed E-state index contributed by atoms with van der Waals surface area (Å²) >= 11 is 7.61. The highest BCUT2D eigenvalue weighted by atomic mass is 32.2. The molecule has 1 aromatic heterocycles. The van der Waals surface area contributed by atoms with Gasteiger partial charge in [-0.15, -0.1) is 0 Å². The summed E-state index contributed by atoms with van der Waals surface area (Å²) in [6, 6.07) is 35.0. The van der Waals surface area contributed by atoms with Crippen molar-refractivity contribution in [2.75, 3.05) is 12.4 Å². The molecule has 2 heterocycles. The van der Waals surface area contributed by atoms with Crippen LogP contribution in [0.4, 0.5) is 11.4 Å². The Morgan fingerprint density at radius 2 is 1.49 bits per heavy atom. The molecular formula is C29H21N3OS2. The minimum absolute atomic E-state index is 0.505. The van der Waals surface area contributed by atoms with Crippen LogP contribution in [0.5, 0.6) is 5.75 Å². The molecule has 1 aliphatic rings. The predicted octanol–water partition coefficient (Wildman–Crippen LogP) is 8.15. The summed E-state index contributed by atoms with van der Waals surface area (Å²) in [6.07, 6.45) is 0. The predicted molar refractivity (Wildman–Crippen MR) is 146 cm³/mol. The third kappa shape index (κ3) is 4.11. The number of hydrogen-bond donors (Lipinski definition) is 1. The lowest BCUT2D eigenvalue weighted by Crippen LogP contribution is -2.05. The zero-order chi connectivity index (χ0) is 23.8. The number of para-hydroxylation sites is 2. The van der Waals surface area contributed by atoms with Gasteiger partial charge in [-0.25, -0.2) is 4.98 Å². The average Bonchev–Trinajstić information content (AvgIpc) is 2.91. The first-order valence-electron chi connectivity index (χ1n) is 11.2. The molecule has 1 aliphatic heterocycles. The summed E-state index contributed by atoms with van der Waals surface area (Å²) < 4.78 is 7.89. The molecule has 0 aliphatic carbocycles. The van der Waals surface area contributed by atoms with Crippen LogP contribution >= 0.6 is 24.0 Å². The summed E-state index contributed by atoms with van der Waals surface area (Å²) in [5.41, 5.74) is 7.02. The van der Waals surface area contributed by atoms with Gasteiger partial charge in [0.1, 0.15) is 5.75 Å². The topological polar surface area (TPSA) is 39.1 Å². The summed E-state index contributed by atoms with van der Waals surface area (Å²) in [4.78, 5) is 7.27. The number of nitrogens with one attached hydrogen (secondary N) is 1. The van der Waals surface area contributed by atoms with Crippen molar-refractivity contribution in [3.63, 3.8) is 0 Å². The van der Waals surface area contributed by atoms with Crippen molar-refractivity contribution >= 4 is 35.4 Å². The Kier molecular flexibility index (Phi) is 5.60. The van der Waals surface area contributed by atoms with E-state index in [1.165, 1.54) is 9.79 Å². The van der Waals surface area contributed by atoms with Crippen LogP contribution in [0.25, 0.3) is 28.2 Å². The van der Waals surface area contributed by atoms with Gasteiger partial charge in [-0.2, -0.15) is 0 Å². The summed E-state index contributed by atoms with van der Waals surface area (Å²) in [7, 11) is 1.67. The molecule has 0 saturated heterocycles. The Hall–Kier alpha value is -3.87. The lowest BCUT2D eigenvalue weighted by molar-refractivity contribution is 0.415. The highest BCUT2D eigenvalue weighted by Crippen LogP contribution is 2.45. The quantitative estimate of drug-likeness (QED) is 0.252. The molecule has 6 heteroatoms. The van der Waals surface area contributed by atoms with Crippen LogP contribution in [0, 0.1) is 4.77 Å². The Labute approximate surface area is 213 Å². The van der Waals surface area contributed by atoms with Gasteiger partial charge in [-0.05, 0) is 84.5 Å². The Morgan fingerprint density at radius 3 is 2.29 bits per heavy atom. The highest BCUT2D eigenvalue weighted by Gasteiger charge is 2.17. The van der Waals surface area contributed by atoms with Gasteiger partial charge >= 0.3 is 0 Å². The van der Waals surface area contributed by atoms with Gasteiger partial charge in [-0.3, -0.25) is 4.57 Å². The van der Waals surface area contributed by atoms with Crippen molar-refractivity contribution in [3.05, 3.63) is 108 Å². The largest absolute Gasteiger partial charge is 0.497 e. The van der Waals surface area contributed by atoms with E-state index < -0.39 is 0 Å². The molecule has 5 aromatic rings. The van der Waals surface area contributed by atoms with Crippen LogP contribution in [-0.4, -0.2) is 16.7 Å². The molecule has 0 saturated carbocycles. The molecule has 0 bridgehead atoms. The number of hydrogen-bond acceptors (Lipinski definition) is 5. The zero-order valence-electron chi connectivity index (χ0n) is 18.9. The van der Waals surface area contributed by atoms with Crippen LogP contribution in [0.15, 0.2) is 113 Å². The summed E-state index contributed by atoms with van der Waals surface area (Å²) in [5.74, 6) is 0.812. The number of ether oxygens (including phenoxy) is 1. The molecule has 0 atom stereocenters. The Balaban J connectivity index is 1.49. The highest BCUT2D eigenvalue weighted by molar-refractivity contribution is 7.99. The maximum Gasteiger partial charge on any atom is 0.205 e. The summed E-state index contributed by atoms with van der Waals surface area (Å²) in [6.45, 7) is 0. The molecule has 0 amide bonds. The van der Waals surface area contributed by atoms with E-state index in [1.807, 2.05) is 65.2 Å². The second-order valence-corrected chi connectivity index (χ2v) is 9.59. The number of nitrogens with zero attached hydrogens (tertiary/aromatic N) is 2. The van der Waals surface area contributed by atoms with E-state index in [9.17, 15) is 0 Å². The van der Waals surface area contributed by atoms with E-state index in [0.29, 0.717) is 4.77 Å². The number of aromatic nitrogens is 2. The summed E-state index contributed by atoms with van der Waals surface area (Å²) in [5, 5.41) is 3.57. The number of anilines is 2. The van der Waals surface area contributed by atoms with Gasteiger partial charge < -0.3 is 10.1 Å². The minimum atomic E-state index is 0.505. The van der Waals surface area contributed by atoms with Crippen LogP contribution in [-0.2, 0) is 0 Å². The van der Waals surface area contributed by atoms with Crippen molar-refractivity contribution < 1.29 is 4.74 Å². The van der Waals surface area contributed by atoms with E-state index in [1.54, 1.807) is 18.9 Å². The number of methoxy groups -OCH3 is 1. The van der Waals surface area contributed by atoms with Gasteiger partial charge in [-0.1, -0.05) is 48.2 Å². The number of fused-ring (bicyclic) bond motifs is 2. The molecule has 6 rings (SSSR count). The first-order chi connectivity index (χ1) is 17.2. The normalized spacial score (nSPS) is 11.8. The van der Waals surface area contributed by atoms with Crippen molar-refractivity contribution in [2.24, 2.45) is 0 Å². The van der Waals surface area contributed by atoms with Crippen molar-refractivity contribution in [2.45, 2.75) is 9.79 Å². The average molecular weight is 492 g/mol. The fraction of sp³-hybridized carbons (Fsp3) is 0.0345. The first kappa shape index (κ1) is 21.6. The first-order valence-corrected chi connectivity index (χ1v) is 12.4. The van der Waals surface area contributed by atoms with Crippen LogP contribution < -0.4 is 10.1 Å². The fourth-order valence-electron chi connectivity index (χ4n) is 4.23. The van der Waals surface area contributed by atoms with Gasteiger partial charge in [0.05, 0.1) is 29.9 Å². The van der Waals surface area contributed by atoms with Gasteiger partial charge in [0.15, 0.2) is 0 Å². The molecular weight excluding hydrogens is 470 g/mol. The van der Waals surface area contributed by atoms with E-state index in [0.717, 1.165) is 45.3 Å². The van der Waals surface area contributed by atoms with E-state index in [4.69, 9.17) is 21.9 Å². The van der Waals surface area contributed by atoms with E-state index in [2.05, 4.69) is 47.8 Å². The van der Waals surface area contributed by atoms with Gasteiger partial charge in [0.2, 0.25) is 4.77 Å². The molecule has 35 heavy (non-hydrogen) atoms. The van der Waals surface area contributed by atoms with Crippen LogP contribution in [0.1, 0.15) is 0 Å². The SMILES string of the molecule is COc1ccc(-c2cc(-c3ccc4c(c3)Nc3ccccc3S4)nc(=S)n2-c2ccccc2)cc1. The fourth-order valence-corrected chi connectivity index (χ4v) is 5.50. The van der Waals surface area contributed by atoms with Gasteiger partial charge in [0, 0.05) is 21.0 Å². The maximum atomic E-state index is 5.84. The lowest BCUT2D eigenvalue weighted by atomic mass is 10.1.